The lowest BCUT2D eigenvalue weighted by atomic mass is 9.82. The lowest BCUT2D eigenvalue weighted by Gasteiger charge is -2.26. The topological polar surface area (TPSA) is 72.5 Å². The van der Waals surface area contributed by atoms with Crippen LogP contribution in [0.1, 0.15) is 27.4 Å². The van der Waals surface area contributed by atoms with E-state index in [9.17, 15) is 4.79 Å². The van der Waals surface area contributed by atoms with Gasteiger partial charge in [-0.1, -0.05) is 28.1 Å². The number of halogens is 1. The van der Waals surface area contributed by atoms with Crippen LogP contribution in [0.3, 0.4) is 0 Å². The molecule has 0 spiro atoms. The van der Waals surface area contributed by atoms with Gasteiger partial charge in [-0.2, -0.15) is 0 Å². The molecule has 0 saturated carbocycles. The molecule has 0 radical (unpaired) electrons. The molecule has 0 unspecified atom stereocenters. The summed E-state index contributed by atoms with van der Waals surface area (Å²) in [6.07, 6.45) is 0. The van der Waals surface area contributed by atoms with Crippen molar-refractivity contribution >= 4 is 21.7 Å². The van der Waals surface area contributed by atoms with Crippen LogP contribution in [0, 0.1) is 0 Å². The largest absolute Gasteiger partial charge is 0.496 e. The lowest BCUT2D eigenvalue weighted by molar-refractivity contribution is 0.0969. The van der Waals surface area contributed by atoms with Crippen LogP contribution in [0.5, 0.6) is 34.5 Å². The summed E-state index contributed by atoms with van der Waals surface area (Å²) in [6, 6.07) is 14.0. The molecule has 0 heterocycles. The van der Waals surface area contributed by atoms with E-state index in [1.54, 1.807) is 50.6 Å². The van der Waals surface area contributed by atoms with Crippen LogP contribution < -0.4 is 28.4 Å². The fourth-order valence-electron chi connectivity index (χ4n) is 3.82. The van der Waals surface area contributed by atoms with Crippen molar-refractivity contribution in [3.8, 4) is 34.5 Å². The number of carbonyl (C=O) groups is 1. The van der Waals surface area contributed by atoms with Gasteiger partial charge in [-0.05, 0) is 12.1 Å². The van der Waals surface area contributed by atoms with Gasteiger partial charge in [-0.15, -0.1) is 0 Å². The zero-order chi connectivity index (χ0) is 24.8. The Morgan fingerprint density at radius 1 is 0.618 bits per heavy atom. The van der Waals surface area contributed by atoms with Gasteiger partial charge in [0, 0.05) is 34.3 Å². The Hall–Kier alpha value is -3.39. The van der Waals surface area contributed by atoms with Crippen molar-refractivity contribution < 1.29 is 33.2 Å². The highest BCUT2D eigenvalue weighted by molar-refractivity contribution is 9.10. The fourth-order valence-corrected chi connectivity index (χ4v) is 4.09. The minimum atomic E-state index is -0.896. The van der Waals surface area contributed by atoms with Crippen molar-refractivity contribution in [2.75, 3.05) is 42.7 Å². The molecule has 3 rings (SSSR count). The first-order chi connectivity index (χ1) is 16.4. The molecule has 0 amide bonds. The summed E-state index contributed by atoms with van der Waals surface area (Å²) >= 11 is 3.43. The third-order valence-electron chi connectivity index (χ3n) is 5.47. The molecule has 0 aromatic heterocycles. The van der Waals surface area contributed by atoms with Gasteiger partial charge in [0.05, 0.1) is 59.7 Å². The Bertz CT molecular complexity index is 1040. The molecule has 180 valence electrons. The van der Waals surface area contributed by atoms with Gasteiger partial charge in [0.1, 0.15) is 34.5 Å². The highest BCUT2D eigenvalue weighted by Gasteiger charge is 2.36. The molecule has 8 heteroatoms. The molecule has 0 aliphatic heterocycles. The minimum absolute atomic E-state index is 0.198. The Balaban J connectivity index is 2.41. The van der Waals surface area contributed by atoms with E-state index >= 15 is 0 Å². The van der Waals surface area contributed by atoms with Crippen molar-refractivity contribution in [2.45, 2.75) is 5.92 Å². The van der Waals surface area contributed by atoms with Crippen LogP contribution in [-0.2, 0) is 0 Å². The van der Waals surface area contributed by atoms with Crippen molar-refractivity contribution in [3.05, 3.63) is 69.7 Å². The number of ether oxygens (including phenoxy) is 6. The fraction of sp³-hybridized carbons (Fsp3) is 0.269. The maximum atomic E-state index is 14.1. The van der Waals surface area contributed by atoms with Gasteiger partial charge < -0.3 is 28.4 Å². The zero-order valence-electron chi connectivity index (χ0n) is 19.9. The first-order valence-corrected chi connectivity index (χ1v) is 11.1. The summed E-state index contributed by atoms with van der Waals surface area (Å²) in [6.45, 7) is 0. The Morgan fingerprint density at radius 2 is 0.971 bits per heavy atom. The number of carbonyl (C=O) groups excluding carboxylic acids is 1. The molecule has 0 aliphatic rings. The number of hydrogen-bond donors (Lipinski definition) is 0. The smallest absolute Gasteiger partial charge is 0.175 e. The van der Waals surface area contributed by atoms with Crippen molar-refractivity contribution in [3.63, 3.8) is 0 Å². The third kappa shape index (κ3) is 4.92. The van der Waals surface area contributed by atoms with E-state index in [0.717, 1.165) is 4.47 Å². The van der Waals surface area contributed by atoms with Gasteiger partial charge >= 0.3 is 0 Å². The molecule has 34 heavy (non-hydrogen) atoms. The molecular weight excluding hydrogens is 504 g/mol. The van der Waals surface area contributed by atoms with E-state index in [1.165, 1.54) is 28.4 Å². The number of rotatable bonds is 10. The molecule has 0 saturated heterocycles. The summed E-state index contributed by atoms with van der Waals surface area (Å²) < 4.78 is 34.5. The quantitative estimate of drug-likeness (QED) is 0.319. The molecular formula is C26H27BrO7. The third-order valence-corrected chi connectivity index (χ3v) is 6.00. The van der Waals surface area contributed by atoms with E-state index in [4.69, 9.17) is 28.4 Å². The number of ketones is 1. The summed E-state index contributed by atoms with van der Waals surface area (Å²) in [7, 11) is 9.22. The monoisotopic (exact) mass is 530 g/mol. The van der Waals surface area contributed by atoms with E-state index in [-0.39, 0.29) is 5.78 Å². The van der Waals surface area contributed by atoms with Crippen LogP contribution in [0.4, 0.5) is 0 Å². The molecule has 0 bridgehead atoms. The molecule has 7 nitrogen and oxygen atoms in total. The molecule has 3 aromatic carbocycles. The number of methoxy groups -OCH3 is 6. The number of benzene rings is 3. The normalized spacial score (nSPS) is 10.6. The Morgan fingerprint density at radius 3 is 1.26 bits per heavy atom. The van der Waals surface area contributed by atoms with Crippen LogP contribution in [0.15, 0.2) is 53.0 Å². The van der Waals surface area contributed by atoms with E-state index < -0.39 is 5.92 Å². The molecule has 0 N–H and O–H groups in total. The van der Waals surface area contributed by atoms with Gasteiger partial charge in [-0.3, -0.25) is 4.79 Å². The van der Waals surface area contributed by atoms with E-state index in [0.29, 0.717) is 51.2 Å². The number of hydrogen-bond acceptors (Lipinski definition) is 7. The second-order valence-corrected chi connectivity index (χ2v) is 8.11. The Labute approximate surface area is 207 Å². The van der Waals surface area contributed by atoms with Gasteiger partial charge in [0.25, 0.3) is 0 Å². The van der Waals surface area contributed by atoms with Crippen molar-refractivity contribution in [1.82, 2.24) is 0 Å². The molecule has 3 aromatic rings. The van der Waals surface area contributed by atoms with Crippen LogP contribution in [-0.4, -0.2) is 48.4 Å². The molecule has 0 aliphatic carbocycles. The second kappa shape index (κ2) is 11.2. The van der Waals surface area contributed by atoms with Crippen molar-refractivity contribution in [2.24, 2.45) is 0 Å². The molecule has 0 atom stereocenters. The highest BCUT2D eigenvalue weighted by atomic mass is 79.9. The standard InChI is InChI=1S/C26H27BrO7/c1-29-17-11-19(31-3)23(20(12-17)32-4)25(26(28)15-7-9-16(27)10-8-15)24-21(33-5)13-18(30-2)14-22(24)34-6/h7-14,25H,1-6H3. The van der Waals surface area contributed by atoms with Crippen LogP contribution in [0.25, 0.3) is 0 Å². The number of Topliss-reactive ketones (excluding diaryl/α,β-unsaturated/α-hetero) is 1. The zero-order valence-corrected chi connectivity index (χ0v) is 21.5. The SMILES string of the molecule is COc1cc(OC)c(C(C(=O)c2ccc(Br)cc2)c2c(OC)cc(OC)cc2OC)c(OC)c1. The van der Waals surface area contributed by atoms with Crippen LogP contribution >= 0.6 is 15.9 Å². The minimum Gasteiger partial charge on any atom is -0.496 e. The predicted molar refractivity (Wildman–Crippen MR) is 133 cm³/mol. The van der Waals surface area contributed by atoms with E-state index in [2.05, 4.69) is 15.9 Å². The Kier molecular flexibility index (Phi) is 8.28. The second-order valence-electron chi connectivity index (χ2n) is 7.20. The first kappa shape index (κ1) is 25.2. The highest BCUT2D eigenvalue weighted by Crippen LogP contribution is 2.49. The van der Waals surface area contributed by atoms with E-state index in [1.807, 2.05) is 12.1 Å². The summed E-state index contributed by atoms with van der Waals surface area (Å²) in [5.74, 6) is 1.65. The first-order valence-electron chi connectivity index (χ1n) is 10.3. The van der Waals surface area contributed by atoms with Gasteiger partial charge in [-0.25, -0.2) is 0 Å². The van der Waals surface area contributed by atoms with Gasteiger partial charge in [0.2, 0.25) is 0 Å². The predicted octanol–water partition coefficient (Wildman–Crippen LogP) is 5.52. The summed E-state index contributed by atoms with van der Waals surface area (Å²) in [5.41, 5.74) is 1.52. The van der Waals surface area contributed by atoms with Crippen molar-refractivity contribution in [1.29, 1.82) is 0 Å². The van der Waals surface area contributed by atoms with Gasteiger partial charge in [0.15, 0.2) is 5.78 Å². The van der Waals surface area contributed by atoms with Crippen LogP contribution in [0.2, 0.25) is 0 Å². The summed E-state index contributed by atoms with van der Waals surface area (Å²) in [5, 5.41) is 0. The maximum Gasteiger partial charge on any atom is 0.175 e. The lowest BCUT2D eigenvalue weighted by Crippen LogP contribution is -2.18. The molecule has 0 fully saturated rings. The average molecular weight is 531 g/mol. The maximum absolute atomic E-state index is 14.1. The average Bonchev–Trinajstić information content (AvgIpc) is 2.88. The summed E-state index contributed by atoms with van der Waals surface area (Å²) in [4.78, 5) is 14.1.